The van der Waals surface area contributed by atoms with E-state index >= 15 is 0 Å². The van der Waals surface area contributed by atoms with Crippen molar-refractivity contribution in [3.05, 3.63) is 129 Å². The van der Waals surface area contributed by atoms with Gasteiger partial charge >= 0.3 is 260 Å². The number of hydrogen-bond acceptors (Lipinski definition) is 0. The molecular weight excluding hydrogens is 734 g/mol. The average Bonchev–Trinajstić information content (AvgIpc) is 3.61. The molecule has 2 aliphatic carbocycles. The van der Waals surface area contributed by atoms with Crippen molar-refractivity contribution in [2.75, 3.05) is 0 Å². The van der Waals surface area contributed by atoms with Crippen LogP contribution in [0.15, 0.2) is 97.1 Å². The van der Waals surface area contributed by atoms with E-state index in [2.05, 4.69) is 129 Å². The Morgan fingerprint density at radius 3 is 1.26 bits per heavy atom. The van der Waals surface area contributed by atoms with Crippen LogP contribution in [0.4, 0.5) is 0 Å². The fraction of sp³-hybridized carbons (Fsp3) is 0.263. The zero-order valence-corrected chi connectivity index (χ0v) is 32.2. The molecule has 0 aromatic heterocycles. The summed E-state index contributed by atoms with van der Waals surface area (Å²) in [4.78, 5) is 0. The minimum atomic E-state index is -5.20. The van der Waals surface area contributed by atoms with Gasteiger partial charge in [-0.3, -0.25) is 0 Å². The molecule has 0 radical (unpaired) electrons. The summed E-state index contributed by atoms with van der Waals surface area (Å²) in [5, 5.41) is 1.54. The van der Waals surface area contributed by atoms with Crippen LogP contribution >= 0.6 is 23.2 Å². The molecule has 0 saturated heterocycles. The van der Waals surface area contributed by atoms with Gasteiger partial charge in [-0.15, -0.1) is 0 Å². The predicted molar refractivity (Wildman–Crippen MR) is 188 cm³/mol. The Morgan fingerprint density at radius 2 is 0.929 bits per heavy atom. The fourth-order valence-electron chi connectivity index (χ4n) is 8.97. The van der Waals surface area contributed by atoms with E-state index in [1.54, 1.807) is 0 Å². The van der Waals surface area contributed by atoms with Crippen molar-refractivity contribution in [1.82, 2.24) is 0 Å². The first-order valence-corrected chi connectivity index (χ1v) is 39.9. The SMILES string of the molecule is C[CH](C)[Hf]([CH3])([CH3])(=[SiH2])([CH](C)C)([CH]1C=Cc2c(-c3ccc(Cl)cc3)cccc21)[CH]1C=Cc2c(-c3ccc(Cl)cc3)cccc21. The van der Waals surface area contributed by atoms with Crippen LogP contribution in [0.3, 0.4) is 0 Å². The fourth-order valence-corrected chi connectivity index (χ4v) is 50.1. The zero-order chi connectivity index (χ0) is 30.2. The summed E-state index contributed by atoms with van der Waals surface area (Å²) < 4.78 is 7.38. The molecule has 6 rings (SSSR count). The monoisotopic (exact) mass is 776 g/mol. The molecule has 4 aromatic rings. The summed E-state index contributed by atoms with van der Waals surface area (Å²) in [6, 6.07) is 30.5. The van der Waals surface area contributed by atoms with Gasteiger partial charge in [0.15, 0.2) is 0 Å². The van der Waals surface area contributed by atoms with E-state index in [0.717, 1.165) is 10.0 Å². The predicted octanol–water partition coefficient (Wildman–Crippen LogP) is 12.2. The summed E-state index contributed by atoms with van der Waals surface area (Å²) in [5.74, 6) is 0. The van der Waals surface area contributed by atoms with Gasteiger partial charge in [0.05, 0.1) is 0 Å². The first-order valence-electron chi connectivity index (χ1n) is 15.3. The number of benzene rings is 4. The van der Waals surface area contributed by atoms with Crippen LogP contribution in [-0.2, 0) is 14.2 Å². The molecule has 0 nitrogen and oxygen atoms in total. The second-order valence-electron chi connectivity index (χ2n) is 15.9. The van der Waals surface area contributed by atoms with Gasteiger partial charge in [-0.2, -0.15) is 0 Å². The second-order valence-corrected chi connectivity index (χ2v) is 92.8. The number of fused-ring (bicyclic) bond motifs is 2. The molecule has 0 amide bonds. The Kier molecular flexibility index (Phi) is 6.47. The summed E-state index contributed by atoms with van der Waals surface area (Å²) in [6.45, 7) is 12.7. The van der Waals surface area contributed by atoms with E-state index in [9.17, 15) is 0 Å². The van der Waals surface area contributed by atoms with Gasteiger partial charge in [-0.1, -0.05) is 0 Å². The summed E-state index contributed by atoms with van der Waals surface area (Å²) in [7, 11) is 0. The third kappa shape index (κ3) is 3.62. The first kappa shape index (κ1) is 30.1. The standard InChI is InChI=1S/2C15H10Cl.2C3H7.2CH3.Hf.H2Si/c2*16-13-9-7-12(8-10-13)15-6-2-4-11-3-1-5-14(11)15;2*1-3-2;;;;/h2*1-10H;2*3H,1-2H3;2*1H3;;1H2. The molecule has 0 N–H and O–H groups in total. The van der Waals surface area contributed by atoms with Crippen LogP contribution in [0.1, 0.15) is 57.3 Å². The van der Waals surface area contributed by atoms with E-state index in [1.165, 1.54) is 44.5 Å². The molecule has 4 aromatic carbocycles. The molecule has 2 unspecified atom stereocenters. The third-order valence-electron chi connectivity index (χ3n) is 14.1. The van der Waals surface area contributed by atoms with E-state index in [4.69, 9.17) is 23.2 Å². The van der Waals surface area contributed by atoms with Gasteiger partial charge in [0, 0.05) is 0 Å². The molecule has 0 heterocycles. The molecule has 216 valence electrons. The van der Waals surface area contributed by atoms with Crippen LogP contribution in [0, 0.1) is 0 Å². The van der Waals surface area contributed by atoms with Gasteiger partial charge in [0.2, 0.25) is 0 Å². The van der Waals surface area contributed by atoms with Gasteiger partial charge in [0.1, 0.15) is 0 Å². The normalized spacial score (nSPS) is 20.2. The minimum absolute atomic E-state index is 0.356. The van der Waals surface area contributed by atoms with Gasteiger partial charge < -0.3 is 0 Å². The van der Waals surface area contributed by atoms with Gasteiger partial charge in [-0.25, -0.2) is 0 Å². The molecule has 0 aliphatic heterocycles. The zero-order valence-electron chi connectivity index (χ0n) is 25.7. The Hall–Kier alpha value is -1.97. The van der Waals surface area contributed by atoms with Crippen LogP contribution in [-0.4, -0.2) is 6.94 Å². The van der Waals surface area contributed by atoms with Crippen molar-refractivity contribution in [2.45, 2.75) is 51.8 Å². The second kappa shape index (κ2) is 9.04. The maximum absolute atomic E-state index is 6.28. The summed E-state index contributed by atoms with van der Waals surface area (Å²) >= 11 is 7.35. The van der Waals surface area contributed by atoms with Crippen molar-refractivity contribution in [3.8, 4) is 22.3 Å². The summed E-state index contributed by atoms with van der Waals surface area (Å²) in [6.07, 6.45) is 10.1. The average molecular weight is 776 g/mol. The molecular formula is C38H42Cl2HfSi. The van der Waals surface area contributed by atoms with Crippen molar-refractivity contribution in [3.63, 3.8) is 0 Å². The Balaban J connectivity index is 1.63. The van der Waals surface area contributed by atoms with Crippen molar-refractivity contribution >= 4 is 42.3 Å². The first-order chi connectivity index (χ1) is 19.7. The topological polar surface area (TPSA) is 0 Å². The number of halogens is 2. The van der Waals surface area contributed by atoms with E-state index in [1.807, 2.05) is 24.3 Å². The molecule has 2 aliphatic rings. The Bertz CT molecular complexity index is 1800. The molecule has 0 fully saturated rings. The van der Waals surface area contributed by atoms with Crippen LogP contribution < -0.4 is 0 Å². The molecule has 0 saturated carbocycles. The third-order valence-corrected chi connectivity index (χ3v) is 95.4. The van der Waals surface area contributed by atoms with Gasteiger partial charge in [0.25, 0.3) is 0 Å². The van der Waals surface area contributed by atoms with Crippen LogP contribution in [0.2, 0.25) is 26.8 Å². The van der Waals surface area contributed by atoms with E-state index in [0.29, 0.717) is 14.7 Å². The van der Waals surface area contributed by atoms with Crippen molar-refractivity contribution in [1.29, 1.82) is 0 Å². The maximum atomic E-state index is 6.28. The molecule has 2 atom stereocenters. The Morgan fingerprint density at radius 1 is 0.571 bits per heavy atom. The van der Waals surface area contributed by atoms with E-state index in [-0.39, 0.29) is 0 Å². The molecule has 42 heavy (non-hydrogen) atoms. The van der Waals surface area contributed by atoms with Gasteiger partial charge in [-0.05, 0) is 0 Å². The Labute approximate surface area is 257 Å². The van der Waals surface area contributed by atoms with Crippen molar-refractivity contribution in [2.24, 2.45) is 0 Å². The summed E-state index contributed by atoms with van der Waals surface area (Å²) in [5.41, 5.74) is 10.7. The quantitative estimate of drug-likeness (QED) is 0.171. The number of rotatable bonds is 6. The van der Waals surface area contributed by atoms with Crippen molar-refractivity contribution < 1.29 is 14.2 Å². The number of hydrogen-bond donors (Lipinski definition) is 0. The van der Waals surface area contributed by atoms with Crippen LogP contribution in [0.25, 0.3) is 34.4 Å². The molecule has 0 spiro atoms. The molecule has 4 heteroatoms. The molecule has 0 bridgehead atoms. The number of allylic oxidation sites excluding steroid dienone is 2. The van der Waals surface area contributed by atoms with E-state index < -0.39 is 14.2 Å². The van der Waals surface area contributed by atoms with Crippen LogP contribution in [0.5, 0.6) is 0 Å².